The molecule has 2 heterocycles. The standard InChI is InChI=1S/C21H23N3O5S3/c1-4-29-14-6-5-13(9-15(14)28-3)10-17-19(26)24(21(27)32-17)8-7-22-18(25)11-16-12(2)23-20(30)31-16/h5-6,9-10H,4,7-8,11H2,1-3H3,(H,22,25)(H,23,30). The molecule has 0 atom stereocenters. The number of methoxy groups -OCH3 is 1. The molecular weight excluding hydrogens is 470 g/mol. The van der Waals surface area contributed by atoms with Crippen molar-refractivity contribution >= 4 is 58.4 Å². The summed E-state index contributed by atoms with van der Waals surface area (Å²) >= 11 is 7.31. The van der Waals surface area contributed by atoms with Crippen molar-refractivity contribution in [3.63, 3.8) is 0 Å². The van der Waals surface area contributed by atoms with Gasteiger partial charge < -0.3 is 19.8 Å². The van der Waals surface area contributed by atoms with Crippen LogP contribution in [-0.2, 0) is 16.0 Å². The average molecular weight is 494 g/mol. The molecule has 1 aromatic carbocycles. The van der Waals surface area contributed by atoms with Crippen molar-refractivity contribution < 1.29 is 23.9 Å². The molecule has 1 fully saturated rings. The number of amides is 3. The molecule has 1 aliphatic rings. The van der Waals surface area contributed by atoms with Gasteiger partial charge in [-0.3, -0.25) is 19.3 Å². The fourth-order valence-electron chi connectivity index (χ4n) is 3.01. The lowest BCUT2D eigenvalue weighted by Crippen LogP contribution is -2.37. The van der Waals surface area contributed by atoms with Crippen molar-refractivity contribution in [2.24, 2.45) is 0 Å². The van der Waals surface area contributed by atoms with Gasteiger partial charge in [0.25, 0.3) is 11.1 Å². The van der Waals surface area contributed by atoms with E-state index in [0.717, 1.165) is 27.2 Å². The van der Waals surface area contributed by atoms with Gasteiger partial charge in [-0.05, 0) is 61.6 Å². The van der Waals surface area contributed by atoms with E-state index in [1.165, 1.54) is 18.4 Å². The van der Waals surface area contributed by atoms with E-state index in [1.807, 2.05) is 13.8 Å². The second-order valence-electron chi connectivity index (χ2n) is 6.77. The molecule has 170 valence electrons. The van der Waals surface area contributed by atoms with Gasteiger partial charge in [-0.2, -0.15) is 0 Å². The molecule has 32 heavy (non-hydrogen) atoms. The van der Waals surface area contributed by atoms with Crippen molar-refractivity contribution in [1.29, 1.82) is 0 Å². The van der Waals surface area contributed by atoms with Crippen LogP contribution in [0.1, 0.15) is 23.1 Å². The van der Waals surface area contributed by atoms with E-state index in [4.69, 9.17) is 21.7 Å². The maximum Gasteiger partial charge on any atom is 0.293 e. The Morgan fingerprint density at radius 2 is 2.09 bits per heavy atom. The van der Waals surface area contributed by atoms with Crippen molar-refractivity contribution in [3.8, 4) is 11.5 Å². The molecule has 3 rings (SSSR count). The predicted octanol–water partition coefficient (Wildman–Crippen LogP) is 3.92. The van der Waals surface area contributed by atoms with Crippen LogP contribution in [0.5, 0.6) is 11.5 Å². The largest absolute Gasteiger partial charge is 0.493 e. The Bertz CT molecular complexity index is 1120. The van der Waals surface area contributed by atoms with Gasteiger partial charge in [0.15, 0.2) is 15.5 Å². The first-order valence-corrected chi connectivity index (χ1v) is 11.9. The molecule has 1 aromatic heterocycles. The number of thioether (sulfide) groups is 1. The second kappa shape index (κ2) is 10.8. The van der Waals surface area contributed by atoms with Gasteiger partial charge in [0.05, 0.1) is 25.0 Å². The van der Waals surface area contributed by atoms with Crippen LogP contribution in [0.25, 0.3) is 6.08 Å². The van der Waals surface area contributed by atoms with E-state index in [1.54, 1.807) is 24.3 Å². The molecule has 0 saturated carbocycles. The summed E-state index contributed by atoms with van der Waals surface area (Å²) in [7, 11) is 1.54. The normalized spacial score (nSPS) is 14.8. The maximum atomic E-state index is 12.7. The molecule has 0 aliphatic carbocycles. The summed E-state index contributed by atoms with van der Waals surface area (Å²) in [5.41, 5.74) is 1.59. The second-order valence-corrected chi connectivity index (χ2v) is 9.53. The lowest BCUT2D eigenvalue weighted by molar-refractivity contribution is -0.124. The number of carbonyl (C=O) groups is 3. The Labute approximate surface area is 199 Å². The Morgan fingerprint density at radius 3 is 2.75 bits per heavy atom. The minimum absolute atomic E-state index is 0.0994. The highest BCUT2D eigenvalue weighted by Gasteiger charge is 2.34. The molecule has 1 saturated heterocycles. The van der Waals surface area contributed by atoms with E-state index in [-0.39, 0.29) is 36.6 Å². The maximum absolute atomic E-state index is 12.7. The van der Waals surface area contributed by atoms with E-state index < -0.39 is 0 Å². The number of aromatic nitrogens is 1. The van der Waals surface area contributed by atoms with Gasteiger partial charge in [0.2, 0.25) is 5.91 Å². The lowest BCUT2D eigenvalue weighted by atomic mass is 10.2. The smallest absolute Gasteiger partial charge is 0.293 e. The summed E-state index contributed by atoms with van der Waals surface area (Å²) in [5, 5.41) is 2.38. The Morgan fingerprint density at radius 1 is 1.31 bits per heavy atom. The van der Waals surface area contributed by atoms with E-state index in [2.05, 4.69) is 10.3 Å². The van der Waals surface area contributed by atoms with Crippen LogP contribution < -0.4 is 14.8 Å². The molecule has 1 aliphatic heterocycles. The molecule has 0 spiro atoms. The first kappa shape index (κ1) is 24.0. The van der Waals surface area contributed by atoms with Crippen molar-refractivity contribution in [1.82, 2.24) is 15.2 Å². The quantitative estimate of drug-likeness (QED) is 0.403. The fourth-order valence-corrected chi connectivity index (χ4v) is 5.17. The van der Waals surface area contributed by atoms with E-state index >= 15 is 0 Å². The van der Waals surface area contributed by atoms with Crippen LogP contribution in [0, 0.1) is 10.9 Å². The van der Waals surface area contributed by atoms with Gasteiger partial charge in [0.1, 0.15) is 0 Å². The summed E-state index contributed by atoms with van der Waals surface area (Å²) in [6, 6.07) is 5.30. The summed E-state index contributed by atoms with van der Waals surface area (Å²) in [6.45, 7) is 4.52. The van der Waals surface area contributed by atoms with Gasteiger partial charge in [-0.25, -0.2) is 0 Å². The number of benzene rings is 1. The SMILES string of the molecule is CCOc1ccc(C=C2SC(=O)N(CCNC(=O)Cc3sc(=S)[nH]c3C)C2=O)cc1OC. The Kier molecular flexibility index (Phi) is 8.10. The monoisotopic (exact) mass is 493 g/mol. The highest BCUT2D eigenvalue weighted by atomic mass is 32.2. The first-order chi connectivity index (χ1) is 15.3. The molecule has 0 bridgehead atoms. The van der Waals surface area contributed by atoms with Crippen LogP contribution in [0.3, 0.4) is 0 Å². The number of imide groups is 1. The minimum Gasteiger partial charge on any atom is -0.493 e. The zero-order chi connectivity index (χ0) is 23.3. The number of H-pyrrole nitrogens is 1. The number of hydrogen-bond acceptors (Lipinski definition) is 8. The Hall–Kier alpha value is -2.63. The summed E-state index contributed by atoms with van der Waals surface area (Å²) in [6.07, 6.45) is 1.84. The number of nitrogens with one attached hydrogen (secondary N) is 2. The number of thiazole rings is 1. The van der Waals surface area contributed by atoms with Gasteiger partial charge >= 0.3 is 0 Å². The number of nitrogens with zero attached hydrogens (tertiary/aromatic N) is 1. The summed E-state index contributed by atoms with van der Waals surface area (Å²) in [4.78, 5) is 42.5. The van der Waals surface area contributed by atoms with Crippen LogP contribution >= 0.6 is 35.3 Å². The molecule has 11 heteroatoms. The topological polar surface area (TPSA) is 101 Å². The summed E-state index contributed by atoms with van der Waals surface area (Å²) in [5.74, 6) is 0.573. The number of rotatable bonds is 9. The highest BCUT2D eigenvalue weighted by molar-refractivity contribution is 8.18. The van der Waals surface area contributed by atoms with Crippen LogP contribution in [0.4, 0.5) is 4.79 Å². The van der Waals surface area contributed by atoms with Crippen LogP contribution in [-0.4, -0.2) is 53.7 Å². The minimum atomic E-state index is -0.387. The molecule has 2 aromatic rings. The third-order valence-electron chi connectivity index (χ3n) is 4.56. The van der Waals surface area contributed by atoms with Crippen molar-refractivity contribution in [2.45, 2.75) is 20.3 Å². The number of carbonyl (C=O) groups excluding carboxylic acids is 3. The van der Waals surface area contributed by atoms with E-state index in [0.29, 0.717) is 32.5 Å². The van der Waals surface area contributed by atoms with Crippen LogP contribution in [0.15, 0.2) is 23.1 Å². The lowest BCUT2D eigenvalue weighted by Gasteiger charge is -2.13. The van der Waals surface area contributed by atoms with Crippen molar-refractivity contribution in [2.75, 3.05) is 26.8 Å². The van der Waals surface area contributed by atoms with Gasteiger partial charge in [-0.15, -0.1) is 11.3 Å². The first-order valence-electron chi connectivity index (χ1n) is 9.83. The zero-order valence-electron chi connectivity index (χ0n) is 17.9. The molecule has 8 nitrogen and oxygen atoms in total. The predicted molar refractivity (Wildman–Crippen MR) is 128 cm³/mol. The van der Waals surface area contributed by atoms with Crippen molar-refractivity contribution in [3.05, 3.63) is 43.2 Å². The average Bonchev–Trinajstić information content (AvgIpc) is 3.20. The molecular formula is C21H23N3O5S3. The fraction of sp³-hybridized carbons (Fsp3) is 0.333. The summed E-state index contributed by atoms with van der Waals surface area (Å²) < 4.78 is 11.4. The number of ether oxygens (including phenoxy) is 2. The molecule has 0 radical (unpaired) electrons. The van der Waals surface area contributed by atoms with Crippen LogP contribution in [0.2, 0.25) is 0 Å². The van der Waals surface area contributed by atoms with Gasteiger partial charge in [0, 0.05) is 23.7 Å². The third kappa shape index (κ3) is 5.78. The third-order valence-corrected chi connectivity index (χ3v) is 6.81. The molecule has 2 N–H and O–H groups in total. The number of aryl methyl sites for hydroxylation is 1. The molecule has 3 amide bonds. The highest BCUT2D eigenvalue weighted by Crippen LogP contribution is 2.34. The zero-order valence-corrected chi connectivity index (χ0v) is 20.3. The van der Waals surface area contributed by atoms with Gasteiger partial charge in [-0.1, -0.05) is 6.07 Å². The molecule has 0 unspecified atom stereocenters. The number of hydrogen-bond donors (Lipinski definition) is 2. The number of aromatic amines is 1. The Balaban J connectivity index is 1.59. The van der Waals surface area contributed by atoms with E-state index in [9.17, 15) is 14.4 Å².